The molecular weight excluding hydrogens is 510 g/mol. The van der Waals surface area contributed by atoms with Gasteiger partial charge in [0.25, 0.3) is 0 Å². The molecule has 4 aromatic rings. The number of imidazole rings is 1. The van der Waals surface area contributed by atoms with Crippen LogP contribution < -0.4 is 0 Å². The quantitative estimate of drug-likeness (QED) is 0.216. The number of esters is 1. The molecule has 0 spiro atoms. The van der Waals surface area contributed by atoms with Crippen LogP contribution in [-0.2, 0) is 9.53 Å². The number of thiazole rings is 1. The minimum Gasteiger partial charge on any atom is -0.461 e. The summed E-state index contributed by atoms with van der Waals surface area (Å²) in [5.74, 6) is 0.732. The lowest BCUT2D eigenvalue weighted by molar-refractivity contribution is -0.129. The molecule has 5 rings (SSSR count). The van der Waals surface area contributed by atoms with Gasteiger partial charge in [-0.25, -0.2) is 14.8 Å². The van der Waals surface area contributed by atoms with E-state index in [2.05, 4.69) is 29.6 Å². The van der Waals surface area contributed by atoms with Crippen LogP contribution in [0.4, 0.5) is 0 Å². The van der Waals surface area contributed by atoms with Crippen LogP contribution in [0.5, 0.6) is 0 Å². The summed E-state index contributed by atoms with van der Waals surface area (Å²) in [4.78, 5) is 36.3. The van der Waals surface area contributed by atoms with Crippen LogP contribution in [0.2, 0.25) is 0 Å². The van der Waals surface area contributed by atoms with Gasteiger partial charge >= 0.3 is 5.97 Å². The summed E-state index contributed by atoms with van der Waals surface area (Å²) in [5.41, 5.74) is 2.85. The van der Waals surface area contributed by atoms with Crippen LogP contribution >= 0.6 is 23.1 Å². The van der Waals surface area contributed by atoms with Crippen molar-refractivity contribution >= 4 is 46.0 Å². The summed E-state index contributed by atoms with van der Waals surface area (Å²) in [6.45, 7) is 7.70. The van der Waals surface area contributed by atoms with E-state index in [0.29, 0.717) is 30.3 Å². The fraction of sp³-hybridized carbons (Fsp3) is 0.423. The van der Waals surface area contributed by atoms with Crippen LogP contribution in [0.25, 0.3) is 22.5 Å². The van der Waals surface area contributed by atoms with E-state index in [1.807, 2.05) is 28.5 Å². The molecule has 1 aliphatic rings. The van der Waals surface area contributed by atoms with Crippen molar-refractivity contribution in [3.8, 4) is 11.5 Å². The van der Waals surface area contributed by atoms with Crippen molar-refractivity contribution in [3.63, 3.8) is 0 Å². The average Bonchev–Trinajstić information content (AvgIpc) is 3.65. The molecule has 0 saturated carbocycles. The van der Waals surface area contributed by atoms with Gasteiger partial charge in [-0.1, -0.05) is 29.1 Å². The summed E-state index contributed by atoms with van der Waals surface area (Å²) in [6.07, 6.45) is 1.72. The Labute approximate surface area is 223 Å². The number of ether oxygens (including phenoxy) is 1. The molecule has 1 saturated heterocycles. The minimum atomic E-state index is -0.510. The highest BCUT2D eigenvalue weighted by atomic mass is 32.2. The normalized spacial score (nSPS) is 14.5. The predicted octanol–water partition coefficient (Wildman–Crippen LogP) is 5.40. The molecule has 9 nitrogen and oxygen atoms in total. The zero-order valence-electron chi connectivity index (χ0n) is 21.0. The number of rotatable bonds is 8. The van der Waals surface area contributed by atoms with Gasteiger partial charge in [0.2, 0.25) is 5.91 Å². The molecule has 1 aromatic carbocycles. The van der Waals surface area contributed by atoms with Crippen molar-refractivity contribution in [2.24, 2.45) is 0 Å². The number of hydrogen-bond donors (Lipinski definition) is 0. The first-order valence-corrected chi connectivity index (χ1v) is 14.3. The molecule has 0 unspecified atom stereocenters. The van der Waals surface area contributed by atoms with E-state index in [-0.39, 0.29) is 30.2 Å². The highest BCUT2D eigenvalue weighted by Gasteiger charge is 2.27. The molecule has 4 heterocycles. The number of nitrogens with zero attached hydrogens (tertiary/aromatic N) is 5. The number of carbonyl (C=O) groups excluding carboxylic acids is 2. The minimum absolute atomic E-state index is 0.138. The van der Waals surface area contributed by atoms with Crippen LogP contribution in [0.15, 0.2) is 45.4 Å². The Kier molecular flexibility index (Phi) is 7.61. The third-order valence-corrected chi connectivity index (χ3v) is 8.32. The molecule has 37 heavy (non-hydrogen) atoms. The largest absolute Gasteiger partial charge is 0.461 e. The Morgan fingerprint density at radius 1 is 1.22 bits per heavy atom. The van der Waals surface area contributed by atoms with Crippen molar-refractivity contribution < 1.29 is 18.8 Å². The first-order valence-electron chi connectivity index (χ1n) is 12.4. The van der Waals surface area contributed by atoms with Crippen LogP contribution in [0, 0.1) is 0 Å². The molecule has 194 valence electrons. The molecule has 3 aromatic heterocycles. The van der Waals surface area contributed by atoms with Gasteiger partial charge in [0.1, 0.15) is 5.69 Å². The Hall–Kier alpha value is -3.18. The lowest BCUT2D eigenvalue weighted by Crippen LogP contribution is -2.39. The van der Waals surface area contributed by atoms with Crippen molar-refractivity contribution in [2.45, 2.75) is 50.7 Å². The maximum Gasteiger partial charge on any atom is 0.360 e. The molecule has 1 aliphatic heterocycles. The standard InChI is InChI=1S/C26H29N5O4S2/c1-4-34-25(33)19-13-22(35-29-19)20-14-36-24(27-20)17-9-11-30(12-10-17)23(32)15-37-26-28-18-7-5-6-8-21(18)31(26)16(2)3/h5-8,13-14,16-17H,4,9-12,15H2,1-3H3. The lowest BCUT2D eigenvalue weighted by atomic mass is 9.97. The third kappa shape index (κ3) is 5.42. The second kappa shape index (κ2) is 11.1. The topological polar surface area (TPSA) is 103 Å². The number of hydrogen-bond acceptors (Lipinski definition) is 9. The first-order chi connectivity index (χ1) is 17.9. The molecule has 0 N–H and O–H groups in total. The van der Waals surface area contributed by atoms with Gasteiger partial charge in [-0.3, -0.25) is 4.79 Å². The predicted molar refractivity (Wildman–Crippen MR) is 143 cm³/mol. The van der Waals surface area contributed by atoms with Crippen molar-refractivity contribution in [1.82, 2.24) is 24.6 Å². The summed E-state index contributed by atoms with van der Waals surface area (Å²) in [7, 11) is 0. The lowest BCUT2D eigenvalue weighted by Gasteiger charge is -2.31. The van der Waals surface area contributed by atoms with Crippen LogP contribution in [-0.4, -0.2) is 61.9 Å². The second-order valence-corrected chi connectivity index (χ2v) is 11.0. The summed E-state index contributed by atoms with van der Waals surface area (Å²) in [5, 5.41) is 7.60. The number of likely N-dealkylation sites (tertiary alicyclic amines) is 1. The van der Waals surface area contributed by atoms with E-state index in [4.69, 9.17) is 19.2 Å². The highest BCUT2D eigenvalue weighted by molar-refractivity contribution is 7.99. The van der Waals surface area contributed by atoms with Crippen molar-refractivity contribution in [3.05, 3.63) is 46.4 Å². The number of para-hydroxylation sites is 2. The smallest absolute Gasteiger partial charge is 0.360 e. The van der Waals surface area contributed by atoms with E-state index in [0.717, 1.165) is 34.0 Å². The molecule has 0 radical (unpaired) electrons. The van der Waals surface area contributed by atoms with Crippen LogP contribution in [0.1, 0.15) is 61.1 Å². The molecule has 0 bridgehead atoms. The van der Waals surface area contributed by atoms with Gasteiger partial charge < -0.3 is 18.7 Å². The number of aromatic nitrogens is 4. The maximum atomic E-state index is 13.0. The van der Waals surface area contributed by atoms with Crippen molar-refractivity contribution in [1.29, 1.82) is 0 Å². The molecular formula is C26H29N5O4S2. The molecule has 0 atom stereocenters. The molecule has 11 heteroatoms. The zero-order valence-corrected chi connectivity index (χ0v) is 22.7. The summed E-state index contributed by atoms with van der Waals surface area (Å²) < 4.78 is 12.5. The van der Waals surface area contributed by atoms with E-state index < -0.39 is 5.97 Å². The Bertz CT molecular complexity index is 1400. The number of amides is 1. The number of benzene rings is 1. The SMILES string of the molecule is CCOC(=O)c1cc(-c2csc(C3CCN(C(=O)CSc4nc5ccccc5n4C(C)C)CC3)n2)on1. The van der Waals surface area contributed by atoms with E-state index in [1.54, 1.807) is 24.3 Å². The fourth-order valence-electron chi connectivity index (χ4n) is 4.50. The van der Waals surface area contributed by atoms with Crippen molar-refractivity contribution in [2.75, 3.05) is 25.4 Å². The van der Waals surface area contributed by atoms with Gasteiger partial charge in [0.15, 0.2) is 16.6 Å². The zero-order chi connectivity index (χ0) is 25.9. The second-order valence-electron chi connectivity index (χ2n) is 9.16. The molecule has 0 aliphatic carbocycles. The molecule has 1 fully saturated rings. The highest BCUT2D eigenvalue weighted by Crippen LogP contribution is 2.34. The van der Waals surface area contributed by atoms with E-state index >= 15 is 0 Å². The maximum absolute atomic E-state index is 13.0. The summed E-state index contributed by atoms with van der Waals surface area (Å²) in [6, 6.07) is 9.91. The summed E-state index contributed by atoms with van der Waals surface area (Å²) >= 11 is 3.08. The average molecular weight is 540 g/mol. The monoisotopic (exact) mass is 539 g/mol. The van der Waals surface area contributed by atoms with Gasteiger partial charge in [0.05, 0.1) is 28.4 Å². The number of carbonyl (C=O) groups is 2. The van der Waals surface area contributed by atoms with Gasteiger partial charge in [-0.2, -0.15) is 0 Å². The Balaban J connectivity index is 1.16. The van der Waals surface area contributed by atoms with Crippen LogP contribution in [0.3, 0.4) is 0 Å². The first kappa shape index (κ1) is 25.5. The Morgan fingerprint density at radius 3 is 2.76 bits per heavy atom. The van der Waals surface area contributed by atoms with Gasteiger partial charge in [0, 0.05) is 36.5 Å². The number of fused-ring (bicyclic) bond motifs is 1. The Morgan fingerprint density at radius 2 is 2.00 bits per heavy atom. The number of piperidine rings is 1. The van der Waals surface area contributed by atoms with Gasteiger partial charge in [-0.15, -0.1) is 11.3 Å². The van der Waals surface area contributed by atoms with E-state index in [1.165, 1.54) is 11.8 Å². The third-order valence-electron chi connectivity index (χ3n) is 6.37. The fourth-order valence-corrected chi connectivity index (χ4v) is 6.53. The van der Waals surface area contributed by atoms with E-state index in [9.17, 15) is 9.59 Å². The molecule has 1 amide bonds. The van der Waals surface area contributed by atoms with Gasteiger partial charge in [-0.05, 0) is 45.7 Å². The number of thioether (sulfide) groups is 1.